The third-order valence-corrected chi connectivity index (χ3v) is 1.82. The molecule has 0 saturated heterocycles. The molecule has 0 aromatic carbocycles. The van der Waals surface area contributed by atoms with Gasteiger partial charge in [-0.1, -0.05) is 11.6 Å². The lowest BCUT2D eigenvalue weighted by molar-refractivity contribution is 1.06. The molecule has 2 nitrogen and oxygen atoms in total. The number of pyridine rings is 1. The van der Waals surface area contributed by atoms with Crippen molar-refractivity contribution in [2.45, 2.75) is 0 Å². The fourth-order valence-electron chi connectivity index (χ4n) is 1.04. The summed E-state index contributed by atoms with van der Waals surface area (Å²) < 4.78 is 1.93. The Labute approximate surface area is 75.4 Å². The first-order chi connectivity index (χ1) is 5.86. The Morgan fingerprint density at radius 1 is 1.33 bits per heavy atom. The molecule has 0 fully saturated rings. The summed E-state index contributed by atoms with van der Waals surface area (Å²) in [6, 6.07) is 5.71. The van der Waals surface area contributed by atoms with Crippen LogP contribution in [0, 0.1) is 0 Å². The molecule has 0 aliphatic heterocycles. The fraction of sp³-hybridized carbons (Fsp3) is 0. The summed E-state index contributed by atoms with van der Waals surface area (Å²) in [6.45, 7) is 0. The first-order valence-corrected chi connectivity index (χ1v) is 3.98. The Morgan fingerprint density at radius 2 is 2.25 bits per heavy atom. The van der Waals surface area contributed by atoms with E-state index >= 15 is 0 Å². The van der Waals surface area contributed by atoms with E-state index in [1.165, 1.54) is 0 Å². The van der Waals surface area contributed by atoms with Crippen LogP contribution in [0.2, 0.25) is 5.02 Å². The third kappa shape index (κ3) is 1.34. The summed E-state index contributed by atoms with van der Waals surface area (Å²) in [5.74, 6) is 0. The predicted octanol–water partition coefficient (Wildman–Crippen LogP) is 2.53. The zero-order valence-electron chi connectivity index (χ0n) is 6.31. The summed E-state index contributed by atoms with van der Waals surface area (Å²) in [4.78, 5) is 4.01. The van der Waals surface area contributed by atoms with Crippen molar-refractivity contribution in [3.63, 3.8) is 0 Å². The zero-order valence-corrected chi connectivity index (χ0v) is 7.07. The van der Waals surface area contributed by atoms with E-state index in [9.17, 15) is 0 Å². The molecule has 3 heteroatoms. The Hall–Kier alpha value is -1.28. The van der Waals surface area contributed by atoms with Gasteiger partial charge in [-0.3, -0.25) is 4.98 Å². The highest BCUT2D eigenvalue weighted by Gasteiger charge is 1.94. The average Bonchev–Trinajstić information content (AvgIpc) is 2.54. The zero-order chi connectivity index (χ0) is 8.39. The van der Waals surface area contributed by atoms with Crippen molar-refractivity contribution in [2.75, 3.05) is 0 Å². The van der Waals surface area contributed by atoms with Crippen molar-refractivity contribution in [1.29, 1.82) is 0 Å². The lowest BCUT2D eigenvalue weighted by Crippen LogP contribution is -1.88. The molecule has 0 N–H and O–H groups in total. The number of aromatic nitrogens is 2. The van der Waals surface area contributed by atoms with Crippen molar-refractivity contribution in [1.82, 2.24) is 9.55 Å². The average molecular weight is 179 g/mol. The molecule has 0 atom stereocenters. The number of halogens is 1. The van der Waals surface area contributed by atoms with E-state index in [4.69, 9.17) is 11.6 Å². The van der Waals surface area contributed by atoms with Gasteiger partial charge >= 0.3 is 0 Å². The first-order valence-electron chi connectivity index (χ1n) is 3.60. The number of rotatable bonds is 1. The smallest absolute Gasteiger partial charge is 0.0633 e. The van der Waals surface area contributed by atoms with Crippen LogP contribution in [-0.2, 0) is 0 Å². The van der Waals surface area contributed by atoms with Gasteiger partial charge in [-0.15, -0.1) is 0 Å². The maximum absolute atomic E-state index is 5.77. The summed E-state index contributed by atoms with van der Waals surface area (Å²) in [6.07, 6.45) is 7.28. The number of hydrogen-bond acceptors (Lipinski definition) is 1. The normalized spacial score (nSPS) is 10.1. The fourth-order valence-corrected chi connectivity index (χ4v) is 1.20. The van der Waals surface area contributed by atoms with Crippen molar-refractivity contribution < 1.29 is 0 Å². The molecule has 2 aromatic heterocycles. The Morgan fingerprint density at radius 3 is 2.83 bits per heavy atom. The van der Waals surface area contributed by atoms with Crippen LogP contribution in [-0.4, -0.2) is 9.55 Å². The SMILES string of the molecule is Clc1ccn(-c2cccnc2)c1. The predicted molar refractivity (Wildman–Crippen MR) is 48.6 cm³/mol. The largest absolute Gasteiger partial charge is 0.321 e. The summed E-state index contributed by atoms with van der Waals surface area (Å²) in [7, 11) is 0. The van der Waals surface area contributed by atoms with Crippen LogP contribution in [0.4, 0.5) is 0 Å². The second-order valence-electron chi connectivity index (χ2n) is 2.45. The highest BCUT2D eigenvalue weighted by Crippen LogP contribution is 2.12. The Kier molecular flexibility index (Phi) is 1.84. The van der Waals surface area contributed by atoms with Crippen LogP contribution in [0.15, 0.2) is 43.0 Å². The highest BCUT2D eigenvalue weighted by atomic mass is 35.5. The van der Waals surface area contributed by atoms with Gasteiger partial charge in [0.05, 0.1) is 16.9 Å². The van der Waals surface area contributed by atoms with Gasteiger partial charge in [0, 0.05) is 18.6 Å². The molecule has 0 aliphatic carbocycles. The maximum atomic E-state index is 5.77. The molecule has 0 unspecified atom stereocenters. The molecular weight excluding hydrogens is 172 g/mol. The van der Waals surface area contributed by atoms with Crippen molar-refractivity contribution in [2.24, 2.45) is 0 Å². The molecule has 2 heterocycles. The molecule has 2 rings (SSSR count). The van der Waals surface area contributed by atoms with Gasteiger partial charge in [-0.25, -0.2) is 0 Å². The molecule has 0 bridgehead atoms. The van der Waals surface area contributed by atoms with Crippen LogP contribution < -0.4 is 0 Å². The second-order valence-corrected chi connectivity index (χ2v) is 2.88. The van der Waals surface area contributed by atoms with Crippen LogP contribution in [0.3, 0.4) is 0 Å². The minimum atomic E-state index is 0.735. The van der Waals surface area contributed by atoms with Crippen molar-refractivity contribution in [3.8, 4) is 5.69 Å². The second kappa shape index (κ2) is 2.99. The molecule has 0 spiro atoms. The van der Waals surface area contributed by atoms with E-state index in [1.807, 2.05) is 35.2 Å². The molecule has 0 amide bonds. The van der Waals surface area contributed by atoms with Gasteiger partial charge in [-0.2, -0.15) is 0 Å². The quantitative estimate of drug-likeness (QED) is 0.656. The van der Waals surface area contributed by atoms with Crippen molar-refractivity contribution in [3.05, 3.63) is 48.0 Å². The van der Waals surface area contributed by atoms with Gasteiger partial charge in [0.2, 0.25) is 0 Å². The lowest BCUT2D eigenvalue weighted by atomic mass is 10.4. The molecule has 12 heavy (non-hydrogen) atoms. The van der Waals surface area contributed by atoms with Gasteiger partial charge < -0.3 is 4.57 Å². The molecule has 0 saturated carbocycles. The summed E-state index contributed by atoms with van der Waals surface area (Å²) in [5.41, 5.74) is 1.02. The minimum Gasteiger partial charge on any atom is -0.321 e. The molecule has 0 radical (unpaired) electrons. The van der Waals surface area contributed by atoms with Crippen LogP contribution >= 0.6 is 11.6 Å². The van der Waals surface area contributed by atoms with Gasteiger partial charge in [0.1, 0.15) is 0 Å². The van der Waals surface area contributed by atoms with Gasteiger partial charge in [0.15, 0.2) is 0 Å². The van der Waals surface area contributed by atoms with Crippen LogP contribution in [0.5, 0.6) is 0 Å². The third-order valence-electron chi connectivity index (χ3n) is 1.60. The van der Waals surface area contributed by atoms with Crippen LogP contribution in [0.1, 0.15) is 0 Å². The summed E-state index contributed by atoms with van der Waals surface area (Å²) >= 11 is 5.77. The van der Waals surface area contributed by atoms with Crippen LogP contribution in [0.25, 0.3) is 5.69 Å². The topological polar surface area (TPSA) is 17.8 Å². The molecule has 2 aromatic rings. The summed E-state index contributed by atoms with van der Waals surface area (Å²) in [5, 5.41) is 0.735. The van der Waals surface area contributed by atoms with E-state index in [0.29, 0.717) is 0 Å². The minimum absolute atomic E-state index is 0.735. The Balaban J connectivity index is 2.45. The maximum Gasteiger partial charge on any atom is 0.0633 e. The van der Waals surface area contributed by atoms with Gasteiger partial charge in [-0.05, 0) is 18.2 Å². The van der Waals surface area contributed by atoms with Crippen molar-refractivity contribution >= 4 is 11.6 Å². The lowest BCUT2D eigenvalue weighted by Gasteiger charge is -1.99. The molecular formula is C9H7ClN2. The van der Waals surface area contributed by atoms with E-state index in [0.717, 1.165) is 10.7 Å². The standard InChI is InChI=1S/C9H7ClN2/c10-8-3-5-12(7-8)9-2-1-4-11-6-9/h1-7H. The first kappa shape index (κ1) is 7.37. The van der Waals surface area contributed by atoms with E-state index in [1.54, 1.807) is 12.4 Å². The Bertz CT molecular complexity index is 367. The monoisotopic (exact) mass is 178 g/mol. The van der Waals surface area contributed by atoms with E-state index in [2.05, 4.69) is 4.98 Å². The van der Waals surface area contributed by atoms with E-state index < -0.39 is 0 Å². The number of nitrogens with zero attached hydrogens (tertiary/aromatic N) is 2. The molecule has 60 valence electrons. The number of hydrogen-bond donors (Lipinski definition) is 0. The molecule has 0 aliphatic rings. The van der Waals surface area contributed by atoms with E-state index in [-0.39, 0.29) is 0 Å². The van der Waals surface area contributed by atoms with Gasteiger partial charge in [0.25, 0.3) is 0 Å². The highest BCUT2D eigenvalue weighted by molar-refractivity contribution is 6.30.